The Morgan fingerprint density at radius 1 is 1.06 bits per heavy atom. The molecule has 1 N–H and O–H groups in total. The number of hydrogen-bond donors (Lipinski definition) is 1. The van der Waals surface area contributed by atoms with E-state index in [0.717, 1.165) is 5.56 Å². The van der Waals surface area contributed by atoms with Crippen LogP contribution < -0.4 is 14.8 Å². The maximum atomic E-state index is 13.1. The minimum atomic E-state index is -0.357. The average Bonchev–Trinajstić information content (AvgIpc) is 2.79. The van der Waals surface area contributed by atoms with Crippen molar-refractivity contribution in [2.24, 2.45) is 5.92 Å². The van der Waals surface area contributed by atoms with E-state index >= 15 is 0 Å². The molecule has 1 fully saturated rings. The van der Waals surface area contributed by atoms with Gasteiger partial charge in [-0.15, -0.1) is 0 Å². The van der Waals surface area contributed by atoms with E-state index in [2.05, 4.69) is 5.32 Å². The maximum absolute atomic E-state index is 13.1. The number of methoxy groups -OCH3 is 2. The Labute approximate surface area is 188 Å². The van der Waals surface area contributed by atoms with Crippen LogP contribution in [0.25, 0.3) is 0 Å². The molecule has 7 nitrogen and oxygen atoms in total. The molecule has 0 radical (unpaired) electrons. The van der Waals surface area contributed by atoms with Crippen LogP contribution in [-0.2, 0) is 11.2 Å². The number of halogens is 1. The lowest BCUT2D eigenvalue weighted by molar-refractivity contribution is -0.133. The topological polar surface area (TPSA) is 71.1 Å². The molecule has 32 heavy (non-hydrogen) atoms. The molecule has 0 aliphatic carbocycles. The van der Waals surface area contributed by atoms with Crippen molar-refractivity contribution in [3.63, 3.8) is 0 Å². The molecule has 0 spiro atoms. The molecule has 1 saturated heterocycles. The average molecular weight is 444 g/mol. The molecule has 3 rings (SSSR count). The third kappa shape index (κ3) is 5.49. The molecule has 0 bridgehead atoms. The molecule has 1 aliphatic rings. The third-order valence-electron chi connectivity index (χ3n) is 5.70. The zero-order chi connectivity index (χ0) is 23.3. The summed E-state index contributed by atoms with van der Waals surface area (Å²) in [6.45, 7) is 5.40. The number of piperazine rings is 1. The standard InChI is InChI=1S/C24H30FN3O4/c1-16(2)20-15-27(23(29)14-17-5-10-21(31-3)22(13-17)32-4)11-12-28(20)24(30)26-19-8-6-18(25)7-9-19/h5-10,13,16,20H,11-12,14-15H2,1-4H3,(H,26,30). The van der Waals surface area contributed by atoms with Gasteiger partial charge >= 0.3 is 6.03 Å². The molecule has 1 heterocycles. The number of urea groups is 1. The summed E-state index contributed by atoms with van der Waals surface area (Å²) in [7, 11) is 3.13. The van der Waals surface area contributed by atoms with E-state index in [1.54, 1.807) is 25.2 Å². The molecule has 1 aliphatic heterocycles. The van der Waals surface area contributed by atoms with Gasteiger partial charge in [-0.25, -0.2) is 9.18 Å². The molecule has 1 unspecified atom stereocenters. The van der Waals surface area contributed by atoms with Gasteiger partial charge in [-0.3, -0.25) is 4.79 Å². The monoisotopic (exact) mass is 443 g/mol. The molecule has 2 aromatic carbocycles. The summed E-state index contributed by atoms with van der Waals surface area (Å²) < 4.78 is 23.7. The van der Waals surface area contributed by atoms with Gasteiger partial charge in [0.1, 0.15) is 5.82 Å². The van der Waals surface area contributed by atoms with Crippen LogP contribution >= 0.6 is 0 Å². The predicted molar refractivity (Wildman–Crippen MR) is 121 cm³/mol. The summed E-state index contributed by atoms with van der Waals surface area (Å²) in [6.07, 6.45) is 0.243. The van der Waals surface area contributed by atoms with Crippen molar-refractivity contribution in [1.82, 2.24) is 9.80 Å². The van der Waals surface area contributed by atoms with Gasteiger partial charge in [0.15, 0.2) is 11.5 Å². The Morgan fingerprint density at radius 3 is 2.38 bits per heavy atom. The van der Waals surface area contributed by atoms with E-state index in [9.17, 15) is 14.0 Å². The van der Waals surface area contributed by atoms with Gasteiger partial charge in [0, 0.05) is 25.3 Å². The molecular weight excluding hydrogens is 413 g/mol. The molecule has 172 valence electrons. The van der Waals surface area contributed by atoms with E-state index in [1.807, 2.05) is 30.9 Å². The van der Waals surface area contributed by atoms with Crippen LogP contribution in [0, 0.1) is 11.7 Å². The fraction of sp³-hybridized carbons (Fsp3) is 0.417. The predicted octanol–water partition coefficient (Wildman–Crippen LogP) is 3.79. The van der Waals surface area contributed by atoms with Crippen molar-refractivity contribution in [2.45, 2.75) is 26.3 Å². The highest BCUT2D eigenvalue weighted by Crippen LogP contribution is 2.28. The van der Waals surface area contributed by atoms with Crippen molar-refractivity contribution in [2.75, 3.05) is 39.2 Å². The number of rotatable bonds is 6. The first-order valence-corrected chi connectivity index (χ1v) is 10.6. The number of anilines is 1. The van der Waals surface area contributed by atoms with Gasteiger partial charge < -0.3 is 24.6 Å². The highest BCUT2D eigenvalue weighted by Gasteiger charge is 2.34. The summed E-state index contributed by atoms with van der Waals surface area (Å²) in [6, 6.07) is 10.7. The van der Waals surface area contributed by atoms with Gasteiger partial charge in [0.2, 0.25) is 5.91 Å². The number of ether oxygens (including phenoxy) is 2. The van der Waals surface area contributed by atoms with Crippen molar-refractivity contribution < 1.29 is 23.5 Å². The lowest BCUT2D eigenvalue weighted by Gasteiger charge is -2.43. The number of nitrogens with one attached hydrogen (secondary N) is 1. The van der Waals surface area contributed by atoms with Gasteiger partial charge in [0.25, 0.3) is 0 Å². The van der Waals surface area contributed by atoms with Gasteiger partial charge in [0.05, 0.1) is 26.7 Å². The van der Waals surface area contributed by atoms with E-state index < -0.39 is 0 Å². The Bertz CT molecular complexity index is 949. The maximum Gasteiger partial charge on any atom is 0.322 e. The molecule has 0 aromatic heterocycles. The SMILES string of the molecule is COc1ccc(CC(=O)N2CCN(C(=O)Nc3ccc(F)cc3)C(C(C)C)C2)cc1OC. The third-order valence-corrected chi connectivity index (χ3v) is 5.70. The molecular formula is C24H30FN3O4. The van der Waals surface area contributed by atoms with Crippen molar-refractivity contribution in [3.8, 4) is 11.5 Å². The quantitative estimate of drug-likeness (QED) is 0.738. The summed E-state index contributed by atoms with van der Waals surface area (Å²) in [5.74, 6) is 1.00. The highest BCUT2D eigenvalue weighted by atomic mass is 19.1. The number of carbonyl (C=O) groups excluding carboxylic acids is 2. The van der Waals surface area contributed by atoms with Crippen LogP contribution in [0.1, 0.15) is 19.4 Å². The van der Waals surface area contributed by atoms with Crippen LogP contribution in [0.15, 0.2) is 42.5 Å². The summed E-state index contributed by atoms with van der Waals surface area (Å²) in [5, 5.41) is 2.82. The number of carbonyl (C=O) groups is 2. The molecule has 1 atom stereocenters. The lowest BCUT2D eigenvalue weighted by atomic mass is 9.99. The zero-order valence-corrected chi connectivity index (χ0v) is 18.9. The molecule has 2 aromatic rings. The van der Waals surface area contributed by atoms with Crippen molar-refractivity contribution in [1.29, 1.82) is 0 Å². The second kappa shape index (κ2) is 10.3. The van der Waals surface area contributed by atoms with Gasteiger partial charge in [-0.2, -0.15) is 0 Å². The fourth-order valence-electron chi connectivity index (χ4n) is 3.86. The van der Waals surface area contributed by atoms with Crippen LogP contribution in [0.3, 0.4) is 0 Å². The Kier molecular flexibility index (Phi) is 7.56. The second-order valence-corrected chi connectivity index (χ2v) is 8.15. The molecule has 3 amide bonds. The fourth-order valence-corrected chi connectivity index (χ4v) is 3.86. The van der Waals surface area contributed by atoms with E-state index in [0.29, 0.717) is 36.8 Å². The lowest BCUT2D eigenvalue weighted by Crippen LogP contribution is -2.59. The van der Waals surface area contributed by atoms with Gasteiger partial charge in [-0.1, -0.05) is 19.9 Å². The van der Waals surface area contributed by atoms with E-state index in [-0.39, 0.29) is 36.1 Å². The smallest absolute Gasteiger partial charge is 0.322 e. The Balaban J connectivity index is 1.65. The first-order valence-electron chi connectivity index (χ1n) is 10.6. The minimum Gasteiger partial charge on any atom is -0.493 e. The van der Waals surface area contributed by atoms with E-state index in [4.69, 9.17) is 9.47 Å². The largest absolute Gasteiger partial charge is 0.493 e. The highest BCUT2D eigenvalue weighted by molar-refractivity contribution is 5.90. The Morgan fingerprint density at radius 2 is 1.75 bits per heavy atom. The normalized spacial score (nSPS) is 16.1. The van der Waals surface area contributed by atoms with Crippen LogP contribution in [0.4, 0.5) is 14.9 Å². The summed E-state index contributed by atoms with van der Waals surface area (Å²) >= 11 is 0. The first kappa shape index (κ1) is 23.4. The summed E-state index contributed by atoms with van der Waals surface area (Å²) in [4.78, 5) is 29.4. The number of benzene rings is 2. The zero-order valence-electron chi connectivity index (χ0n) is 18.9. The van der Waals surface area contributed by atoms with Crippen molar-refractivity contribution >= 4 is 17.6 Å². The van der Waals surface area contributed by atoms with Crippen LogP contribution in [0.5, 0.6) is 11.5 Å². The first-order chi connectivity index (χ1) is 15.3. The Hall–Kier alpha value is -3.29. The van der Waals surface area contributed by atoms with Crippen LogP contribution in [0.2, 0.25) is 0 Å². The summed E-state index contributed by atoms with van der Waals surface area (Å²) in [5.41, 5.74) is 1.37. The van der Waals surface area contributed by atoms with Gasteiger partial charge in [-0.05, 0) is 47.9 Å². The molecule has 0 saturated carbocycles. The number of hydrogen-bond acceptors (Lipinski definition) is 4. The minimum absolute atomic E-state index is 0.00135. The van der Waals surface area contributed by atoms with Crippen molar-refractivity contribution in [3.05, 3.63) is 53.8 Å². The van der Waals surface area contributed by atoms with Crippen LogP contribution in [-0.4, -0.2) is 61.6 Å². The van der Waals surface area contributed by atoms with E-state index in [1.165, 1.54) is 24.3 Å². The number of amides is 3. The molecule has 8 heteroatoms. The number of nitrogens with zero attached hydrogens (tertiary/aromatic N) is 2. The second-order valence-electron chi connectivity index (χ2n) is 8.15.